The monoisotopic (exact) mass is 263 g/mol. The van der Waals surface area contributed by atoms with Gasteiger partial charge in [0.1, 0.15) is 6.61 Å². The van der Waals surface area contributed by atoms with Gasteiger partial charge in [-0.3, -0.25) is 4.90 Å². The molecular formula is C15H21NOS. The fourth-order valence-electron chi connectivity index (χ4n) is 2.61. The van der Waals surface area contributed by atoms with Crippen LogP contribution in [0.3, 0.4) is 0 Å². The van der Waals surface area contributed by atoms with Crippen molar-refractivity contribution in [2.75, 3.05) is 19.7 Å². The number of likely N-dealkylation sites (tertiary alicyclic amines) is 1. The standard InChI is InChI=1S/C15H21NOS/c1-2-4-13-6-8-16(11-13)12-15-14(5-3-9-17)7-10-18-15/h7,10,13,17H,2,4,6,8-9,11-12H2,1H3. The molecule has 1 aliphatic heterocycles. The minimum atomic E-state index is -0.0580. The molecule has 0 aromatic carbocycles. The highest BCUT2D eigenvalue weighted by molar-refractivity contribution is 7.10. The maximum atomic E-state index is 8.75. The molecular weight excluding hydrogens is 242 g/mol. The number of hydrogen-bond donors (Lipinski definition) is 1. The molecule has 3 heteroatoms. The molecule has 1 aliphatic rings. The van der Waals surface area contributed by atoms with Gasteiger partial charge in [0.15, 0.2) is 0 Å². The highest BCUT2D eigenvalue weighted by Gasteiger charge is 2.22. The van der Waals surface area contributed by atoms with Crippen LogP contribution in [-0.2, 0) is 6.54 Å². The van der Waals surface area contributed by atoms with E-state index in [0.29, 0.717) is 0 Å². The minimum absolute atomic E-state index is 0.0580. The van der Waals surface area contributed by atoms with Gasteiger partial charge in [-0.05, 0) is 36.8 Å². The summed E-state index contributed by atoms with van der Waals surface area (Å²) in [4.78, 5) is 3.88. The Labute approximate surface area is 114 Å². The number of thiophene rings is 1. The Morgan fingerprint density at radius 2 is 2.44 bits per heavy atom. The van der Waals surface area contributed by atoms with Crippen molar-refractivity contribution >= 4 is 11.3 Å². The molecule has 2 heterocycles. The van der Waals surface area contributed by atoms with Crippen LogP contribution in [-0.4, -0.2) is 29.7 Å². The Morgan fingerprint density at radius 3 is 3.22 bits per heavy atom. The molecule has 2 rings (SSSR count). The Kier molecular flexibility index (Phi) is 5.25. The fraction of sp³-hybridized carbons (Fsp3) is 0.600. The van der Waals surface area contributed by atoms with Crippen molar-refractivity contribution < 1.29 is 5.11 Å². The molecule has 1 aromatic heterocycles. The molecule has 1 fully saturated rings. The molecule has 2 nitrogen and oxygen atoms in total. The molecule has 0 radical (unpaired) electrons. The molecule has 18 heavy (non-hydrogen) atoms. The summed E-state index contributed by atoms with van der Waals surface area (Å²) in [5, 5.41) is 10.8. The minimum Gasteiger partial charge on any atom is -0.384 e. The summed E-state index contributed by atoms with van der Waals surface area (Å²) in [6.45, 7) is 5.68. The smallest absolute Gasteiger partial charge is 0.104 e. The average molecular weight is 263 g/mol. The molecule has 1 N–H and O–H groups in total. The van der Waals surface area contributed by atoms with Crippen molar-refractivity contribution in [3.63, 3.8) is 0 Å². The second kappa shape index (κ2) is 6.94. The second-order valence-corrected chi connectivity index (χ2v) is 5.90. The van der Waals surface area contributed by atoms with Gasteiger partial charge in [-0.15, -0.1) is 11.3 Å². The van der Waals surface area contributed by atoms with Crippen LogP contribution in [0.25, 0.3) is 0 Å². The summed E-state index contributed by atoms with van der Waals surface area (Å²) >= 11 is 1.78. The van der Waals surface area contributed by atoms with E-state index in [9.17, 15) is 0 Å². The lowest BCUT2D eigenvalue weighted by Crippen LogP contribution is -2.19. The topological polar surface area (TPSA) is 23.5 Å². The van der Waals surface area contributed by atoms with Crippen molar-refractivity contribution in [2.45, 2.75) is 32.7 Å². The summed E-state index contributed by atoms with van der Waals surface area (Å²) in [5.41, 5.74) is 1.09. The predicted octanol–water partition coefficient (Wildman–Crippen LogP) is 2.71. The molecule has 1 atom stereocenters. The molecule has 0 amide bonds. The Bertz CT molecular complexity index is 429. The van der Waals surface area contributed by atoms with Crippen molar-refractivity contribution in [2.24, 2.45) is 5.92 Å². The first kappa shape index (κ1) is 13.6. The third-order valence-corrected chi connectivity index (χ3v) is 4.39. The van der Waals surface area contributed by atoms with E-state index >= 15 is 0 Å². The number of hydrogen-bond acceptors (Lipinski definition) is 3. The van der Waals surface area contributed by atoms with Crippen LogP contribution in [0.2, 0.25) is 0 Å². The quantitative estimate of drug-likeness (QED) is 0.844. The molecule has 0 aliphatic carbocycles. The van der Waals surface area contributed by atoms with E-state index in [0.717, 1.165) is 18.0 Å². The summed E-state index contributed by atoms with van der Waals surface area (Å²) in [5.74, 6) is 6.67. The van der Waals surface area contributed by atoms with Crippen LogP contribution in [0.15, 0.2) is 11.4 Å². The van der Waals surface area contributed by atoms with E-state index in [2.05, 4.69) is 35.1 Å². The van der Waals surface area contributed by atoms with E-state index < -0.39 is 0 Å². The van der Waals surface area contributed by atoms with E-state index in [1.807, 2.05) is 0 Å². The lowest BCUT2D eigenvalue weighted by molar-refractivity contribution is 0.315. The van der Waals surface area contributed by atoms with Crippen LogP contribution in [0.4, 0.5) is 0 Å². The third-order valence-electron chi connectivity index (χ3n) is 3.48. The van der Waals surface area contributed by atoms with Crippen LogP contribution < -0.4 is 0 Å². The zero-order chi connectivity index (χ0) is 12.8. The van der Waals surface area contributed by atoms with Gasteiger partial charge in [0.05, 0.1) is 0 Å². The zero-order valence-electron chi connectivity index (χ0n) is 11.0. The summed E-state index contributed by atoms with van der Waals surface area (Å²) in [6, 6.07) is 2.06. The Morgan fingerprint density at radius 1 is 1.56 bits per heavy atom. The van der Waals surface area contributed by atoms with E-state index in [4.69, 9.17) is 5.11 Å². The maximum absolute atomic E-state index is 8.75. The summed E-state index contributed by atoms with van der Waals surface area (Å²) in [7, 11) is 0. The lowest BCUT2D eigenvalue weighted by atomic mass is 10.0. The Balaban J connectivity index is 1.92. The van der Waals surface area contributed by atoms with Crippen LogP contribution in [0, 0.1) is 17.8 Å². The largest absolute Gasteiger partial charge is 0.384 e. The molecule has 1 aromatic rings. The first-order valence-corrected chi connectivity index (χ1v) is 7.60. The molecule has 98 valence electrons. The number of aliphatic hydroxyl groups excluding tert-OH is 1. The van der Waals surface area contributed by atoms with Crippen LogP contribution in [0.5, 0.6) is 0 Å². The summed E-state index contributed by atoms with van der Waals surface area (Å²) < 4.78 is 0. The van der Waals surface area contributed by atoms with Gasteiger partial charge in [-0.1, -0.05) is 25.2 Å². The SMILES string of the molecule is CCCC1CCN(Cc2sccc2C#CCO)C1. The normalized spacial score (nSPS) is 19.8. The molecule has 1 saturated heterocycles. The van der Waals surface area contributed by atoms with Crippen molar-refractivity contribution in [1.82, 2.24) is 4.90 Å². The Hall–Kier alpha value is -0.820. The average Bonchev–Trinajstić information content (AvgIpc) is 2.98. The third kappa shape index (κ3) is 3.58. The number of nitrogens with zero attached hydrogens (tertiary/aromatic N) is 1. The second-order valence-electron chi connectivity index (χ2n) is 4.90. The molecule has 0 spiro atoms. The first-order valence-electron chi connectivity index (χ1n) is 6.72. The van der Waals surface area contributed by atoms with Gasteiger partial charge < -0.3 is 5.11 Å². The number of aliphatic hydroxyl groups is 1. The molecule has 0 saturated carbocycles. The zero-order valence-corrected chi connectivity index (χ0v) is 11.8. The van der Waals surface area contributed by atoms with Gasteiger partial charge in [-0.2, -0.15) is 0 Å². The van der Waals surface area contributed by atoms with Gasteiger partial charge in [0.2, 0.25) is 0 Å². The van der Waals surface area contributed by atoms with Gasteiger partial charge in [0.25, 0.3) is 0 Å². The van der Waals surface area contributed by atoms with Crippen LogP contribution >= 0.6 is 11.3 Å². The van der Waals surface area contributed by atoms with Crippen molar-refractivity contribution in [3.8, 4) is 11.8 Å². The van der Waals surface area contributed by atoms with Crippen molar-refractivity contribution in [3.05, 3.63) is 21.9 Å². The van der Waals surface area contributed by atoms with Gasteiger partial charge >= 0.3 is 0 Å². The predicted molar refractivity (Wildman–Crippen MR) is 76.6 cm³/mol. The van der Waals surface area contributed by atoms with Gasteiger partial charge in [-0.25, -0.2) is 0 Å². The van der Waals surface area contributed by atoms with E-state index in [-0.39, 0.29) is 6.61 Å². The summed E-state index contributed by atoms with van der Waals surface area (Å²) in [6.07, 6.45) is 4.00. The highest BCUT2D eigenvalue weighted by atomic mass is 32.1. The molecule has 0 bridgehead atoms. The molecule has 1 unspecified atom stereocenters. The number of rotatable bonds is 4. The fourth-order valence-corrected chi connectivity index (χ4v) is 3.48. The first-order chi connectivity index (χ1) is 8.83. The van der Waals surface area contributed by atoms with Crippen LogP contribution in [0.1, 0.15) is 36.6 Å². The maximum Gasteiger partial charge on any atom is 0.104 e. The van der Waals surface area contributed by atoms with E-state index in [1.165, 1.54) is 37.2 Å². The van der Waals surface area contributed by atoms with Crippen molar-refractivity contribution in [1.29, 1.82) is 0 Å². The van der Waals surface area contributed by atoms with E-state index in [1.54, 1.807) is 11.3 Å². The highest BCUT2D eigenvalue weighted by Crippen LogP contribution is 2.25. The van der Waals surface area contributed by atoms with Gasteiger partial charge in [0, 0.05) is 23.5 Å². The lowest BCUT2D eigenvalue weighted by Gasteiger charge is -2.15.